The van der Waals surface area contributed by atoms with Crippen LogP contribution in [0.3, 0.4) is 0 Å². The Bertz CT molecular complexity index is 789. The smallest absolute Gasteiger partial charge is 0.255 e. The third-order valence-corrected chi connectivity index (χ3v) is 4.14. The van der Waals surface area contributed by atoms with E-state index in [1.807, 2.05) is 67.8 Å². The van der Waals surface area contributed by atoms with Gasteiger partial charge < -0.3 is 5.32 Å². The van der Waals surface area contributed by atoms with Crippen molar-refractivity contribution in [3.63, 3.8) is 0 Å². The summed E-state index contributed by atoms with van der Waals surface area (Å²) in [6.07, 6.45) is 0. The van der Waals surface area contributed by atoms with Crippen LogP contribution in [-0.4, -0.2) is 10.9 Å². The zero-order valence-electron chi connectivity index (χ0n) is 12.5. The molecule has 2 aromatic carbocycles. The van der Waals surface area contributed by atoms with E-state index in [1.54, 1.807) is 11.3 Å². The molecule has 1 heterocycles. The highest BCUT2D eigenvalue weighted by Gasteiger charge is 2.07. The molecule has 22 heavy (non-hydrogen) atoms. The predicted octanol–water partition coefficient (Wildman–Crippen LogP) is 4.68. The molecule has 0 bridgehead atoms. The number of thiazole rings is 1. The van der Waals surface area contributed by atoms with Crippen LogP contribution in [0, 0.1) is 13.8 Å². The SMILES string of the molecule is Cc1ccc(NC(=O)c2ccc(-c3csc(C)n3)cc2)cc1. The molecule has 0 unspecified atom stereocenters. The fraction of sp³-hybridized carbons (Fsp3) is 0.111. The normalized spacial score (nSPS) is 10.5. The zero-order chi connectivity index (χ0) is 15.5. The lowest BCUT2D eigenvalue weighted by Gasteiger charge is -2.06. The summed E-state index contributed by atoms with van der Waals surface area (Å²) >= 11 is 1.62. The summed E-state index contributed by atoms with van der Waals surface area (Å²) in [6, 6.07) is 15.3. The molecular weight excluding hydrogens is 292 g/mol. The van der Waals surface area contributed by atoms with E-state index in [0.717, 1.165) is 22.0 Å². The molecule has 3 aromatic rings. The van der Waals surface area contributed by atoms with Crippen LogP contribution in [0.25, 0.3) is 11.3 Å². The van der Waals surface area contributed by atoms with Gasteiger partial charge in [0.1, 0.15) is 0 Å². The number of anilines is 1. The Morgan fingerprint density at radius 1 is 1.00 bits per heavy atom. The summed E-state index contributed by atoms with van der Waals surface area (Å²) in [7, 11) is 0. The van der Waals surface area contributed by atoms with Crippen LogP contribution in [0.1, 0.15) is 20.9 Å². The maximum Gasteiger partial charge on any atom is 0.255 e. The summed E-state index contributed by atoms with van der Waals surface area (Å²) in [4.78, 5) is 16.7. The number of nitrogens with zero attached hydrogens (tertiary/aromatic N) is 1. The van der Waals surface area contributed by atoms with Crippen molar-refractivity contribution in [1.82, 2.24) is 4.98 Å². The van der Waals surface area contributed by atoms with Gasteiger partial charge in [-0.25, -0.2) is 4.98 Å². The van der Waals surface area contributed by atoms with Crippen molar-refractivity contribution < 1.29 is 4.79 Å². The molecule has 1 aromatic heterocycles. The zero-order valence-corrected chi connectivity index (χ0v) is 13.3. The first kappa shape index (κ1) is 14.5. The van der Waals surface area contributed by atoms with Crippen molar-refractivity contribution >= 4 is 22.9 Å². The van der Waals surface area contributed by atoms with E-state index >= 15 is 0 Å². The van der Waals surface area contributed by atoms with E-state index < -0.39 is 0 Å². The first-order valence-corrected chi connectivity index (χ1v) is 7.90. The summed E-state index contributed by atoms with van der Waals surface area (Å²) in [5.41, 5.74) is 4.58. The molecule has 0 aliphatic carbocycles. The molecule has 4 heteroatoms. The highest BCUT2D eigenvalue weighted by molar-refractivity contribution is 7.09. The lowest BCUT2D eigenvalue weighted by atomic mass is 10.1. The van der Waals surface area contributed by atoms with Gasteiger partial charge in [0.2, 0.25) is 0 Å². The molecule has 0 saturated carbocycles. The minimum atomic E-state index is -0.107. The van der Waals surface area contributed by atoms with Gasteiger partial charge in [-0.05, 0) is 38.1 Å². The van der Waals surface area contributed by atoms with Crippen molar-refractivity contribution in [3.8, 4) is 11.3 Å². The van der Waals surface area contributed by atoms with Crippen LogP contribution in [-0.2, 0) is 0 Å². The van der Waals surface area contributed by atoms with Gasteiger partial charge in [-0.1, -0.05) is 29.8 Å². The maximum atomic E-state index is 12.2. The van der Waals surface area contributed by atoms with Crippen LogP contribution in [0.15, 0.2) is 53.9 Å². The summed E-state index contributed by atoms with van der Waals surface area (Å²) in [6.45, 7) is 4.00. The Hall–Kier alpha value is -2.46. The number of aryl methyl sites for hydroxylation is 2. The third kappa shape index (κ3) is 3.23. The molecule has 0 radical (unpaired) electrons. The molecule has 0 aliphatic rings. The number of hydrogen-bond acceptors (Lipinski definition) is 3. The topological polar surface area (TPSA) is 42.0 Å². The average Bonchev–Trinajstić information content (AvgIpc) is 2.96. The van der Waals surface area contributed by atoms with Gasteiger partial charge >= 0.3 is 0 Å². The average molecular weight is 308 g/mol. The van der Waals surface area contributed by atoms with Gasteiger partial charge in [0, 0.05) is 22.2 Å². The van der Waals surface area contributed by atoms with Crippen molar-refractivity contribution in [2.24, 2.45) is 0 Å². The first-order valence-electron chi connectivity index (χ1n) is 7.02. The van der Waals surface area contributed by atoms with Crippen LogP contribution in [0.4, 0.5) is 5.69 Å². The molecule has 0 spiro atoms. The van der Waals surface area contributed by atoms with Gasteiger partial charge in [0.25, 0.3) is 5.91 Å². The standard InChI is InChI=1S/C18H16N2OS/c1-12-3-9-16(10-4-12)20-18(21)15-7-5-14(6-8-15)17-11-22-13(2)19-17/h3-11H,1-2H3,(H,20,21). The van der Waals surface area contributed by atoms with Crippen molar-refractivity contribution in [2.75, 3.05) is 5.32 Å². The number of nitrogens with one attached hydrogen (secondary N) is 1. The molecule has 3 rings (SSSR count). The quantitative estimate of drug-likeness (QED) is 0.763. The third-order valence-electron chi connectivity index (χ3n) is 3.37. The molecule has 1 N–H and O–H groups in total. The highest BCUT2D eigenvalue weighted by atomic mass is 32.1. The number of aromatic nitrogens is 1. The number of carbonyl (C=O) groups is 1. The lowest BCUT2D eigenvalue weighted by Crippen LogP contribution is -2.11. The van der Waals surface area contributed by atoms with Crippen molar-refractivity contribution in [3.05, 3.63) is 70.0 Å². The Morgan fingerprint density at radius 2 is 1.68 bits per heavy atom. The number of benzene rings is 2. The minimum absolute atomic E-state index is 0.107. The number of rotatable bonds is 3. The van der Waals surface area contributed by atoms with Crippen LogP contribution in [0.2, 0.25) is 0 Å². The Kier molecular flexibility index (Phi) is 4.02. The molecule has 0 atom stereocenters. The van der Waals surface area contributed by atoms with Crippen LogP contribution < -0.4 is 5.32 Å². The molecule has 1 amide bonds. The van der Waals surface area contributed by atoms with E-state index in [4.69, 9.17) is 0 Å². The molecule has 0 saturated heterocycles. The van der Waals surface area contributed by atoms with Gasteiger partial charge in [-0.2, -0.15) is 0 Å². The van der Waals surface area contributed by atoms with E-state index in [2.05, 4.69) is 10.3 Å². The van der Waals surface area contributed by atoms with E-state index in [9.17, 15) is 4.79 Å². The Morgan fingerprint density at radius 3 is 2.27 bits per heavy atom. The highest BCUT2D eigenvalue weighted by Crippen LogP contribution is 2.22. The lowest BCUT2D eigenvalue weighted by molar-refractivity contribution is 0.102. The summed E-state index contributed by atoms with van der Waals surface area (Å²) < 4.78 is 0. The second-order valence-corrected chi connectivity index (χ2v) is 6.21. The number of carbonyl (C=O) groups excluding carboxylic acids is 1. The molecule has 3 nitrogen and oxygen atoms in total. The fourth-order valence-electron chi connectivity index (χ4n) is 2.13. The minimum Gasteiger partial charge on any atom is -0.322 e. The molecule has 0 aliphatic heterocycles. The summed E-state index contributed by atoms with van der Waals surface area (Å²) in [5.74, 6) is -0.107. The first-order chi connectivity index (χ1) is 10.6. The van der Waals surface area contributed by atoms with Crippen LogP contribution >= 0.6 is 11.3 Å². The van der Waals surface area contributed by atoms with Crippen LogP contribution in [0.5, 0.6) is 0 Å². The van der Waals surface area contributed by atoms with Gasteiger partial charge in [0.05, 0.1) is 10.7 Å². The van der Waals surface area contributed by atoms with E-state index in [1.165, 1.54) is 5.56 Å². The van der Waals surface area contributed by atoms with Crippen molar-refractivity contribution in [1.29, 1.82) is 0 Å². The fourth-order valence-corrected chi connectivity index (χ4v) is 2.75. The molecule has 0 fully saturated rings. The second-order valence-electron chi connectivity index (χ2n) is 5.15. The van der Waals surface area contributed by atoms with Crippen molar-refractivity contribution in [2.45, 2.75) is 13.8 Å². The number of hydrogen-bond donors (Lipinski definition) is 1. The summed E-state index contributed by atoms with van der Waals surface area (Å²) in [5, 5.41) is 5.96. The second kappa shape index (κ2) is 6.12. The van der Waals surface area contributed by atoms with Gasteiger partial charge in [0.15, 0.2) is 0 Å². The largest absolute Gasteiger partial charge is 0.322 e. The maximum absolute atomic E-state index is 12.2. The van der Waals surface area contributed by atoms with E-state index in [-0.39, 0.29) is 5.91 Å². The van der Waals surface area contributed by atoms with Gasteiger partial charge in [-0.3, -0.25) is 4.79 Å². The molecular formula is C18H16N2OS. The van der Waals surface area contributed by atoms with Gasteiger partial charge in [-0.15, -0.1) is 11.3 Å². The molecule has 110 valence electrons. The number of amides is 1. The Labute approximate surface area is 133 Å². The Balaban J connectivity index is 1.74. The predicted molar refractivity (Wildman–Crippen MR) is 91.4 cm³/mol. The van der Waals surface area contributed by atoms with E-state index in [0.29, 0.717) is 5.56 Å². The monoisotopic (exact) mass is 308 g/mol.